The van der Waals surface area contributed by atoms with E-state index < -0.39 is 0 Å². The number of nitrogens with zero attached hydrogens (tertiary/aromatic N) is 2. The van der Waals surface area contributed by atoms with Gasteiger partial charge in [0.1, 0.15) is 0 Å². The smallest absolute Gasteiger partial charge is 0.0998 e. The molecule has 1 aromatic heterocycles. The third kappa shape index (κ3) is 1.17. The lowest BCUT2D eigenvalue weighted by Crippen LogP contribution is -1.91. The molecule has 0 unspecified atom stereocenters. The van der Waals surface area contributed by atoms with Gasteiger partial charge in [0.05, 0.1) is 29.0 Å². The van der Waals surface area contributed by atoms with Gasteiger partial charge in [-0.3, -0.25) is 4.98 Å². The van der Waals surface area contributed by atoms with Crippen molar-refractivity contribution in [3.05, 3.63) is 35.5 Å². The number of nitrogens with two attached hydrogens (primary N) is 1. The van der Waals surface area contributed by atoms with Crippen molar-refractivity contribution in [3.8, 4) is 6.07 Å². The molecule has 1 aromatic carbocycles. The molecule has 0 fully saturated rings. The molecule has 2 aromatic rings. The summed E-state index contributed by atoms with van der Waals surface area (Å²) in [6.07, 6.45) is 1.61. The molecule has 68 valence electrons. The average molecular weight is 183 g/mol. The van der Waals surface area contributed by atoms with Gasteiger partial charge >= 0.3 is 0 Å². The molecule has 2 rings (SSSR count). The molecule has 0 saturated heterocycles. The fourth-order valence-electron chi connectivity index (χ4n) is 1.48. The zero-order chi connectivity index (χ0) is 10.1. The van der Waals surface area contributed by atoms with Gasteiger partial charge in [-0.15, -0.1) is 0 Å². The van der Waals surface area contributed by atoms with Crippen LogP contribution in [0.3, 0.4) is 0 Å². The van der Waals surface area contributed by atoms with Gasteiger partial charge in [0.25, 0.3) is 0 Å². The number of pyridine rings is 1. The van der Waals surface area contributed by atoms with Gasteiger partial charge < -0.3 is 5.73 Å². The number of nitrogen functional groups attached to an aromatic ring is 1. The summed E-state index contributed by atoms with van der Waals surface area (Å²) in [4.78, 5) is 4.21. The molecule has 0 radical (unpaired) electrons. The first-order valence-electron chi connectivity index (χ1n) is 4.27. The molecule has 0 saturated carbocycles. The van der Waals surface area contributed by atoms with E-state index in [-0.39, 0.29) is 0 Å². The fourth-order valence-corrected chi connectivity index (χ4v) is 1.48. The van der Waals surface area contributed by atoms with E-state index in [0.29, 0.717) is 11.3 Å². The van der Waals surface area contributed by atoms with Crippen LogP contribution in [0.2, 0.25) is 0 Å². The van der Waals surface area contributed by atoms with E-state index in [1.807, 2.05) is 13.0 Å². The minimum absolute atomic E-state index is 0.583. The molecule has 0 aliphatic rings. The Morgan fingerprint density at radius 3 is 2.93 bits per heavy atom. The minimum Gasteiger partial charge on any atom is -0.397 e. The molecule has 3 heteroatoms. The van der Waals surface area contributed by atoms with Crippen molar-refractivity contribution >= 4 is 16.6 Å². The number of nitriles is 1. The van der Waals surface area contributed by atoms with E-state index in [1.165, 1.54) is 0 Å². The van der Waals surface area contributed by atoms with Crippen LogP contribution in [0.5, 0.6) is 0 Å². The van der Waals surface area contributed by atoms with Crippen LogP contribution >= 0.6 is 0 Å². The summed E-state index contributed by atoms with van der Waals surface area (Å²) in [6, 6.07) is 7.60. The van der Waals surface area contributed by atoms with Crippen molar-refractivity contribution in [2.45, 2.75) is 6.92 Å². The van der Waals surface area contributed by atoms with Crippen LogP contribution in [0.1, 0.15) is 11.1 Å². The van der Waals surface area contributed by atoms with Crippen LogP contribution < -0.4 is 5.73 Å². The predicted octanol–water partition coefficient (Wildman–Crippen LogP) is 2.00. The average Bonchev–Trinajstić information content (AvgIpc) is 2.18. The standard InChI is InChI=1S/C11H9N3/c1-7-2-3-8(5-12)10-4-9(13)6-14-11(7)10/h2-4,6H,13H2,1H3. The SMILES string of the molecule is Cc1ccc(C#N)c2cc(N)cnc12. The van der Waals surface area contributed by atoms with Crippen molar-refractivity contribution in [1.82, 2.24) is 4.98 Å². The minimum atomic E-state index is 0.583. The summed E-state index contributed by atoms with van der Waals surface area (Å²) in [5.41, 5.74) is 8.72. The van der Waals surface area contributed by atoms with E-state index in [9.17, 15) is 0 Å². The summed E-state index contributed by atoms with van der Waals surface area (Å²) in [5, 5.41) is 9.73. The highest BCUT2D eigenvalue weighted by Crippen LogP contribution is 2.21. The van der Waals surface area contributed by atoms with E-state index in [1.54, 1.807) is 18.3 Å². The second-order valence-electron chi connectivity index (χ2n) is 3.21. The maximum atomic E-state index is 8.90. The lowest BCUT2D eigenvalue weighted by Gasteiger charge is -2.03. The molecule has 3 nitrogen and oxygen atoms in total. The first-order valence-corrected chi connectivity index (χ1v) is 4.27. The molecule has 0 atom stereocenters. The fraction of sp³-hybridized carbons (Fsp3) is 0.0909. The van der Waals surface area contributed by atoms with Crippen molar-refractivity contribution < 1.29 is 0 Å². The van der Waals surface area contributed by atoms with Crippen LogP contribution in [0.25, 0.3) is 10.9 Å². The first-order chi connectivity index (χ1) is 6.72. The van der Waals surface area contributed by atoms with E-state index in [2.05, 4.69) is 11.1 Å². The first kappa shape index (κ1) is 8.52. The zero-order valence-electron chi connectivity index (χ0n) is 7.78. The Hall–Kier alpha value is -2.08. The predicted molar refractivity (Wildman–Crippen MR) is 55.6 cm³/mol. The molecule has 0 aliphatic heterocycles. The molecular weight excluding hydrogens is 174 g/mol. The molecule has 0 amide bonds. The van der Waals surface area contributed by atoms with Crippen LogP contribution in [-0.4, -0.2) is 4.98 Å². The van der Waals surface area contributed by atoms with Gasteiger partial charge in [-0.1, -0.05) is 6.07 Å². The number of hydrogen-bond acceptors (Lipinski definition) is 3. The summed E-state index contributed by atoms with van der Waals surface area (Å²) < 4.78 is 0. The number of anilines is 1. The maximum absolute atomic E-state index is 8.90. The van der Waals surface area contributed by atoms with Gasteiger partial charge in [0.15, 0.2) is 0 Å². The number of benzene rings is 1. The highest BCUT2D eigenvalue weighted by atomic mass is 14.7. The maximum Gasteiger partial charge on any atom is 0.0998 e. The Bertz CT molecular complexity index is 538. The number of aryl methyl sites for hydroxylation is 1. The van der Waals surface area contributed by atoms with Gasteiger partial charge in [-0.25, -0.2) is 0 Å². The molecule has 2 N–H and O–H groups in total. The Morgan fingerprint density at radius 1 is 1.43 bits per heavy atom. The van der Waals surface area contributed by atoms with Gasteiger partial charge in [-0.2, -0.15) is 5.26 Å². The lowest BCUT2D eigenvalue weighted by molar-refractivity contribution is 1.36. The second kappa shape index (κ2) is 3.00. The van der Waals surface area contributed by atoms with E-state index >= 15 is 0 Å². The molecule has 14 heavy (non-hydrogen) atoms. The highest BCUT2D eigenvalue weighted by molar-refractivity contribution is 5.89. The van der Waals surface area contributed by atoms with Gasteiger partial charge in [0, 0.05) is 5.39 Å². The third-order valence-corrected chi connectivity index (χ3v) is 2.19. The summed E-state index contributed by atoms with van der Waals surface area (Å²) >= 11 is 0. The van der Waals surface area contributed by atoms with Crippen LogP contribution in [0.4, 0.5) is 5.69 Å². The lowest BCUT2D eigenvalue weighted by atomic mass is 10.1. The number of rotatable bonds is 0. The topological polar surface area (TPSA) is 62.7 Å². The van der Waals surface area contributed by atoms with Gasteiger partial charge in [-0.05, 0) is 24.6 Å². The highest BCUT2D eigenvalue weighted by Gasteiger charge is 2.04. The number of aromatic nitrogens is 1. The summed E-state index contributed by atoms with van der Waals surface area (Å²) in [6.45, 7) is 1.96. The number of hydrogen-bond donors (Lipinski definition) is 1. The monoisotopic (exact) mass is 183 g/mol. The molecule has 1 heterocycles. The number of fused-ring (bicyclic) bond motifs is 1. The van der Waals surface area contributed by atoms with E-state index in [4.69, 9.17) is 11.0 Å². The summed E-state index contributed by atoms with van der Waals surface area (Å²) in [7, 11) is 0. The van der Waals surface area contributed by atoms with E-state index in [0.717, 1.165) is 16.5 Å². The van der Waals surface area contributed by atoms with Crippen LogP contribution in [0, 0.1) is 18.3 Å². The zero-order valence-corrected chi connectivity index (χ0v) is 7.78. The van der Waals surface area contributed by atoms with Gasteiger partial charge in [0.2, 0.25) is 0 Å². The van der Waals surface area contributed by atoms with Crippen molar-refractivity contribution in [3.63, 3.8) is 0 Å². The third-order valence-electron chi connectivity index (χ3n) is 2.19. The Labute approximate surface area is 81.8 Å². The Morgan fingerprint density at radius 2 is 2.21 bits per heavy atom. The molecule has 0 spiro atoms. The Balaban J connectivity index is 2.94. The molecular formula is C11H9N3. The normalized spacial score (nSPS) is 10.0. The summed E-state index contributed by atoms with van der Waals surface area (Å²) in [5.74, 6) is 0. The van der Waals surface area contributed by atoms with Crippen LogP contribution in [0.15, 0.2) is 24.4 Å². The molecule has 0 aliphatic carbocycles. The Kier molecular flexibility index (Phi) is 1.83. The van der Waals surface area contributed by atoms with Crippen LogP contribution in [-0.2, 0) is 0 Å². The second-order valence-corrected chi connectivity index (χ2v) is 3.21. The molecule has 0 bridgehead atoms. The quantitative estimate of drug-likeness (QED) is 0.679. The van der Waals surface area contributed by atoms with Crippen molar-refractivity contribution in [2.75, 3.05) is 5.73 Å². The van der Waals surface area contributed by atoms with Crippen molar-refractivity contribution in [2.24, 2.45) is 0 Å². The largest absolute Gasteiger partial charge is 0.397 e. The van der Waals surface area contributed by atoms with Crippen molar-refractivity contribution in [1.29, 1.82) is 5.26 Å².